The van der Waals surface area contributed by atoms with E-state index in [-0.39, 0.29) is 11.8 Å². The lowest BCUT2D eigenvalue weighted by Crippen LogP contribution is -2.52. The fraction of sp³-hybridized carbons (Fsp3) is 0.556. The molecular formula is C18H24N2O2. The van der Waals surface area contributed by atoms with Gasteiger partial charge in [-0.2, -0.15) is 0 Å². The molecule has 0 radical (unpaired) electrons. The summed E-state index contributed by atoms with van der Waals surface area (Å²) in [6.07, 6.45) is 3.87. The average molecular weight is 300 g/mol. The standard InChI is InChI=1S/C18H24N2O2/c1-14(21)20-11-9-18(10-12-20,16-5-3-2-4-6-16)17(22)19-13-15-7-8-15/h2-6,15H,7-13H2,1H3,(H,19,22). The Morgan fingerprint density at radius 3 is 2.36 bits per heavy atom. The van der Waals surface area contributed by atoms with Crippen molar-refractivity contribution in [2.45, 2.75) is 38.0 Å². The number of nitrogens with zero attached hydrogens (tertiary/aromatic N) is 1. The third-order valence-electron chi connectivity index (χ3n) is 5.07. The minimum atomic E-state index is -0.484. The third kappa shape index (κ3) is 3.01. The van der Waals surface area contributed by atoms with Crippen LogP contribution in [-0.4, -0.2) is 36.3 Å². The highest BCUT2D eigenvalue weighted by Gasteiger charge is 2.43. The van der Waals surface area contributed by atoms with Crippen molar-refractivity contribution < 1.29 is 9.59 Å². The highest BCUT2D eigenvalue weighted by Crippen LogP contribution is 2.36. The number of rotatable bonds is 4. The Labute approximate surface area is 131 Å². The molecule has 118 valence electrons. The van der Waals surface area contributed by atoms with E-state index in [9.17, 15) is 9.59 Å². The molecular weight excluding hydrogens is 276 g/mol. The van der Waals surface area contributed by atoms with Gasteiger partial charge in [-0.1, -0.05) is 30.3 Å². The molecule has 2 aliphatic rings. The first-order valence-corrected chi connectivity index (χ1v) is 8.21. The van der Waals surface area contributed by atoms with E-state index in [1.54, 1.807) is 6.92 Å². The van der Waals surface area contributed by atoms with Crippen molar-refractivity contribution in [1.29, 1.82) is 0 Å². The third-order valence-corrected chi connectivity index (χ3v) is 5.07. The second-order valence-corrected chi connectivity index (χ2v) is 6.61. The summed E-state index contributed by atoms with van der Waals surface area (Å²) in [6, 6.07) is 10.0. The van der Waals surface area contributed by atoms with Gasteiger partial charge >= 0.3 is 0 Å². The Hall–Kier alpha value is -1.84. The lowest BCUT2D eigenvalue weighted by Gasteiger charge is -2.40. The zero-order valence-corrected chi connectivity index (χ0v) is 13.2. The molecule has 4 heteroatoms. The van der Waals surface area contributed by atoms with E-state index in [0.717, 1.165) is 12.1 Å². The number of piperidine rings is 1. The van der Waals surface area contributed by atoms with Gasteiger partial charge in [0.1, 0.15) is 0 Å². The molecule has 0 spiro atoms. The van der Waals surface area contributed by atoms with Crippen molar-refractivity contribution in [1.82, 2.24) is 10.2 Å². The minimum absolute atomic E-state index is 0.0973. The molecule has 4 nitrogen and oxygen atoms in total. The number of amides is 2. The molecule has 0 atom stereocenters. The van der Waals surface area contributed by atoms with E-state index >= 15 is 0 Å². The topological polar surface area (TPSA) is 49.4 Å². The van der Waals surface area contributed by atoms with Crippen LogP contribution in [0.1, 0.15) is 38.2 Å². The van der Waals surface area contributed by atoms with Crippen LogP contribution in [0.2, 0.25) is 0 Å². The molecule has 22 heavy (non-hydrogen) atoms. The SMILES string of the molecule is CC(=O)N1CCC(C(=O)NCC2CC2)(c2ccccc2)CC1. The zero-order valence-electron chi connectivity index (χ0n) is 13.2. The number of carbonyl (C=O) groups is 2. The monoisotopic (exact) mass is 300 g/mol. The van der Waals surface area contributed by atoms with Gasteiger partial charge in [0.05, 0.1) is 5.41 Å². The Morgan fingerprint density at radius 1 is 1.18 bits per heavy atom. The zero-order chi connectivity index (χ0) is 15.6. The fourth-order valence-electron chi connectivity index (χ4n) is 3.34. The molecule has 1 aromatic rings. The molecule has 1 aliphatic carbocycles. The maximum Gasteiger partial charge on any atom is 0.230 e. The molecule has 1 saturated heterocycles. The van der Waals surface area contributed by atoms with E-state index in [1.165, 1.54) is 12.8 Å². The number of benzene rings is 1. The van der Waals surface area contributed by atoms with Crippen molar-refractivity contribution in [3.63, 3.8) is 0 Å². The molecule has 1 aliphatic heterocycles. The van der Waals surface area contributed by atoms with Crippen LogP contribution in [0.25, 0.3) is 0 Å². The van der Waals surface area contributed by atoms with E-state index in [1.807, 2.05) is 35.2 Å². The summed E-state index contributed by atoms with van der Waals surface area (Å²) in [6.45, 7) is 3.70. The lowest BCUT2D eigenvalue weighted by atomic mass is 9.72. The maximum absolute atomic E-state index is 12.9. The van der Waals surface area contributed by atoms with Gasteiger partial charge in [-0.25, -0.2) is 0 Å². The molecule has 1 saturated carbocycles. The summed E-state index contributed by atoms with van der Waals surface area (Å²) < 4.78 is 0. The Bertz CT molecular complexity index is 543. The number of hydrogen-bond acceptors (Lipinski definition) is 2. The van der Waals surface area contributed by atoms with Crippen molar-refractivity contribution in [2.75, 3.05) is 19.6 Å². The second-order valence-electron chi connectivity index (χ2n) is 6.61. The number of hydrogen-bond donors (Lipinski definition) is 1. The number of nitrogens with one attached hydrogen (secondary N) is 1. The van der Waals surface area contributed by atoms with Crippen molar-refractivity contribution in [2.24, 2.45) is 5.92 Å². The molecule has 0 bridgehead atoms. The first kappa shape index (κ1) is 15.1. The number of likely N-dealkylation sites (tertiary alicyclic amines) is 1. The average Bonchev–Trinajstić information content (AvgIpc) is 3.37. The molecule has 2 amide bonds. The first-order chi connectivity index (χ1) is 10.6. The predicted molar refractivity (Wildman–Crippen MR) is 85.3 cm³/mol. The Balaban J connectivity index is 1.79. The van der Waals surface area contributed by atoms with Crippen LogP contribution >= 0.6 is 0 Å². The van der Waals surface area contributed by atoms with Crippen LogP contribution in [0.5, 0.6) is 0 Å². The second kappa shape index (κ2) is 6.11. The predicted octanol–water partition coefficient (Wildman–Crippen LogP) is 2.09. The molecule has 0 unspecified atom stereocenters. The molecule has 1 aromatic carbocycles. The van der Waals surface area contributed by atoms with Crippen LogP contribution < -0.4 is 5.32 Å². The Morgan fingerprint density at radius 2 is 1.82 bits per heavy atom. The molecule has 3 rings (SSSR count). The first-order valence-electron chi connectivity index (χ1n) is 8.21. The van der Waals surface area contributed by atoms with E-state index in [0.29, 0.717) is 31.8 Å². The lowest BCUT2D eigenvalue weighted by molar-refractivity contribution is -0.135. The minimum Gasteiger partial charge on any atom is -0.355 e. The van der Waals surface area contributed by atoms with Crippen LogP contribution in [0.15, 0.2) is 30.3 Å². The Kier molecular flexibility index (Phi) is 4.19. The summed E-state index contributed by atoms with van der Waals surface area (Å²) in [5, 5.41) is 3.16. The van der Waals surface area contributed by atoms with Crippen LogP contribution in [-0.2, 0) is 15.0 Å². The summed E-state index contributed by atoms with van der Waals surface area (Å²) >= 11 is 0. The van der Waals surface area contributed by atoms with Gasteiger partial charge < -0.3 is 10.2 Å². The highest BCUT2D eigenvalue weighted by molar-refractivity contribution is 5.88. The molecule has 0 aromatic heterocycles. The number of carbonyl (C=O) groups excluding carboxylic acids is 2. The van der Waals surface area contributed by atoms with Crippen molar-refractivity contribution >= 4 is 11.8 Å². The smallest absolute Gasteiger partial charge is 0.230 e. The molecule has 1 heterocycles. The van der Waals surface area contributed by atoms with Gasteiger partial charge in [0.25, 0.3) is 0 Å². The van der Waals surface area contributed by atoms with Crippen molar-refractivity contribution in [3.8, 4) is 0 Å². The van der Waals surface area contributed by atoms with Gasteiger partial charge in [0.2, 0.25) is 11.8 Å². The highest BCUT2D eigenvalue weighted by atomic mass is 16.2. The fourth-order valence-corrected chi connectivity index (χ4v) is 3.34. The van der Waals surface area contributed by atoms with E-state index in [2.05, 4.69) is 5.32 Å². The molecule has 1 N–H and O–H groups in total. The van der Waals surface area contributed by atoms with Gasteiger partial charge in [-0.15, -0.1) is 0 Å². The van der Waals surface area contributed by atoms with Crippen LogP contribution in [0.3, 0.4) is 0 Å². The largest absolute Gasteiger partial charge is 0.355 e. The van der Waals surface area contributed by atoms with E-state index in [4.69, 9.17) is 0 Å². The normalized spacial score (nSPS) is 20.5. The van der Waals surface area contributed by atoms with Gasteiger partial charge in [0.15, 0.2) is 0 Å². The van der Waals surface area contributed by atoms with E-state index < -0.39 is 5.41 Å². The quantitative estimate of drug-likeness (QED) is 0.925. The summed E-state index contributed by atoms with van der Waals surface area (Å²) in [4.78, 5) is 26.3. The summed E-state index contributed by atoms with van der Waals surface area (Å²) in [5.41, 5.74) is 0.591. The van der Waals surface area contributed by atoms with Crippen LogP contribution in [0.4, 0.5) is 0 Å². The van der Waals surface area contributed by atoms with Gasteiger partial charge in [0, 0.05) is 26.6 Å². The van der Waals surface area contributed by atoms with Crippen molar-refractivity contribution in [3.05, 3.63) is 35.9 Å². The molecule has 2 fully saturated rings. The van der Waals surface area contributed by atoms with Gasteiger partial charge in [-0.05, 0) is 37.2 Å². The summed E-state index contributed by atoms with van der Waals surface area (Å²) in [5.74, 6) is 0.905. The van der Waals surface area contributed by atoms with Crippen LogP contribution in [0, 0.1) is 5.92 Å². The van der Waals surface area contributed by atoms with Gasteiger partial charge in [-0.3, -0.25) is 9.59 Å². The maximum atomic E-state index is 12.9. The summed E-state index contributed by atoms with van der Waals surface area (Å²) in [7, 11) is 0.